The Balaban J connectivity index is 2.53. The molecule has 0 aliphatic heterocycles. The molecule has 0 heterocycles. The average molecular weight is 271 g/mol. The van der Waals surface area contributed by atoms with E-state index in [1.807, 2.05) is 5.32 Å². The van der Waals surface area contributed by atoms with Gasteiger partial charge in [0.25, 0.3) is 0 Å². The summed E-state index contributed by atoms with van der Waals surface area (Å²) in [5.74, 6) is -0.741. The van der Waals surface area contributed by atoms with Crippen LogP contribution in [-0.2, 0) is 9.09 Å². The lowest BCUT2D eigenvalue weighted by atomic mass is 10.1. The number of hydrogen-bond donors (Lipinski definition) is 6. The molecule has 1 rings (SSSR count). The molecule has 1 aliphatic carbocycles. The van der Waals surface area contributed by atoms with Gasteiger partial charge in [-0.25, -0.2) is 9.36 Å². The molecule has 0 saturated heterocycles. The Morgan fingerprint density at radius 2 is 1.94 bits per heavy atom. The van der Waals surface area contributed by atoms with Crippen LogP contribution < -0.4 is 5.32 Å². The summed E-state index contributed by atoms with van der Waals surface area (Å²) in [6.07, 6.45) is -3.93. The van der Waals surface area contributed by atoms with Crippen LogP contribution in [0.4, 0.5) is 4.79 Å². The minimum atomic E-state index is -4.64. The first-order valence-electron chi connectivity index (χ1n) is 4.76. The van der Waals surface area contributed by atoms with Gasteiger partial charge in [0, 0.05) is 5.92 Å². The van der Waals surface area contributed by atoms with Crippen molar-refractivity contribution in [3.63, 3.8) is 0 Å². The number of amides is 1. The molecule has 0 unspecified atom stereocenters. The molecule has 0 spiro atoms. The van der Waals surface area contributed by atoms with Gasteiger partial charge in [0.15, 0.2) is 0 Å². The maximum atomic E-state index is 10.5. The van der Waals surface area contributed by atoms with E-state index in [-0.39, 0.29) is 6.42 Å². The number of phosphoric ester groups is 1. The molecule has 1 fully saturated rings. The fourth-order valence-electron chi connectivity index (χ4n) is 1.78. The lowest BCUT2D eigenvalue weighted by Gasteiger charge is -2.17. The third-order valence-electron chi connectivity index (χ3n) is 2.57. The summed E-state index contributed by atoms with van der Waals surface area (Å²) in [7, 11) is -4.64. The van der Waals surface area contributed by atoms with Gasteiger partial charge < -0.3 is 30.4 Å². The molecule has 0 radical (unpaired) electrons. The van der Waals surface area contributed by atoms with E-state index in [1.54, 1.807) is 0 Å². The van der Waals surface area contributed by atoms with Gasteiger partial charge in [0.2, 0.25) is 0 Å². The third kappa shape index (κ3) is 4.23. The fraction of sp³-hybridized carbons (Fsp3) is 0.857. The van der Waals surface area contributed by atoms with Crippen molar-refractivity contribution in [2.45, 2.75) is 24.7 Å². The van der Waals surface area contributed by atoms with Gasteiger partial charge in [-0.15, -0.1) is 0 Å². The number of nitrogens with one attached hydrogen (secondary N) is 1. The zero-order valence-corrected chi connectivity index (χ0v) is 9.53. The van der Waals surface area contributed by atoms with Gasteiger partial charge in [-0.3, -0.25) is 4.52 Å². The Morgan fingerprint density at radius 1 is 1.35 bits per heavy atom. The van der Waals surface area contributed by atoms with Crippen molar-refractivity contribution in [2.75, 3.05) is 6.61 Å². The quantitative estimate of drug-likeness (QED) is 0.336. The van der Waals surface area contributed by atoms with Gasteiger partial charge in [-0.1, -0.05) is 0 Å². The monoisotopic (exact) mass is 271 g/mol. The van der Waals surface area contributed by atoms with E-state index < -0.39 is 44.7 Å². The molecular weight excluding hydrogens is 257 g/mol. The first-order valence-corrected chi connectivity index (χ1v) is 6.29. The smallest absolute Gasteiger partial charge is 0.465 e. The van der Waals surface area contributed by atoms with Gasteiger partial charge in [0.1, 0.15) is 6.10 Å². The zero-order valence-electron chi connectivity index (χ0n) is 8.63. The predicted molar refractivity (Wildman–Crippen MR) is 53.1 cm³/mol. The van der Waals surface area contributed by atoms with Crippen molar-refractivity contribution in [2.24, 2.45) is 5.92 Å². The van der Waals surface area contributed by atoms with Crippen molar-refractivity contribution in [1.82, 2.24) is 5.32 Å². The summed E-state index contributed by atoms with van der Waals surface area (Å²) in [4.78, 5) is 27.3. The van der Waals surface area contributed by atoms with E-state index in [0.29, 0.717) is 0 Å². The largest absolute Gasteiger partial charge is 0.469 e. The van der Waals surface area contributed by atoms with Gasteiger partial charge in [-0.05, 0) is 6.42 Å². The lowest BCUT2D eigenvalue weighted by Crippen LogP contribution is -2.42. The summed E-state index contributed by atoms with van der Waals surface area (Å²) in [5.41, 5.74) is 0. The molecular formula is C7H14NO8P. The van der Waals surface area contributed by atoms with Crippen molar-refractivity contribution >= 4 is 13.9 Å². The van der Waals surface area contributed by atoms with Crippen LogP contribution in [0.15, 0.2) is 0 Å². The van der Waals surface area contributed by atoms with Crippen LogP contribution in [0.5, 0.6) is 0 Å². The highest BCUT2D eigenvalue weighted by Crippen LogP contribution is 2.38. The number of hydrogen-bond acceptors (Lipinski definition) is 5. The van der Waals surface area contributed by atoms with E-state index in [0.717, 1.165) is 0 Å². The third-order valence-corrected chi connectivity index (χ3v) is 3.05. The SMILES string of the molecule is O=C(O)N[C@@H]1C[C@H](COP(=O)(O)O)[C@@H](O)[C@H]1O. The molecule has 9 nitrogen and oxygen atoms in total. The molecule has 0 bridgehead atoms. The second kappa shape index (κ2) is 5.30. The molecule has 4 atom stereocenters. The number of phosphoric acid groups is 1. The molecule has 1 aliphatic rings. The van der Waals surface area contributed by atoms with Crippen molar-refractivity contribution in [1.29, 1.82) is 0 Å². The summed E-state index contributed by atoms with van der Waals surface area (Å²) < 4.78 is 14.7. The number of rotatable bonds is 4. The Hall–Kier alpha value is -0.700. The first-order chi connectivity index (χ1) is 7.70. The van der Waals surface area contributed by atoms with Crippen LogP contribution in [-0.4, -0.2) is 56.1 Å². The highest BCUT2D eigenvalue weighted by atomic mass is 31.2. The first kappa shape index (κ1) is 14.4. The second-order valence-electron chi connectivity index (χ2n) is 3.82. The van der Waals surface area contributed by atoms with Gasteiger partial charge in [0.05, 0.1) is 18.8 Å². The standard InChI is InChI=1S/C7H14NO8P/c9-5-3(2-16-17(13,14)15)1-4(6(5)10)8-7(11)12/h3-6,8-10H,1-2H2,(H,11,12)(H2,13,14,15)/t3-,4-,5-,6+/m1/s1. The summed E-state index contributed by atoms with van der Waals surface area (Å²) in [6.45, 7) is -0.458. The second-order valence-corrected chi connectivity index (χ2v) is 5.06. The number of carbonyl (C=O) groups is 1. The van der Waals surface area contributed by atoms with E-state index in [2.05, 4.69) is 4.52 Å². The molecule has 6 N–H and O–H groups in total. The summed E-state index contributed by atoms with van der Waals surface area (Å²) >= 11 is 0. The van der Waals surface area contributed by atoms with Crippen molar-refractivity contribution in [3.05, 3.63) is 0 Å². The molecule has 100 valence electrons. The summed E-state index contributed by atoms with van der Waals surface area (Å²) in [6, 6.07) is -0.882. The highest BCUT2D eigenvalue weighted by Gasteiger charge is 2.42. The number of carboxylic acid groups (broad SMARTS) is 1. The summed E-state index contributed by atoms with van der Waals surface area (Å²) in [5, 5.41) is 29.5. The maximum Gasteiger partial charge on any atom is 0.469 e. The van der Waals surface area contributed by atoms with Gasteiger partial charge >= 0.3 is 13.9 Å². The average Bonchev–Trinajstić information content (AvgIpc) is 2.41. The molecule has 0 aromatic heterocycles. The molecule has 1 saturated carbocycles. The number of aliphatic hydroxyl groups is 2. The highest BCUT2D eigenvalue weighted by molar-refractivity contribution is 7.46. The predicted octanol–water partition coefficient (Wildman–Crippen LogP) is -1.53. The minimum absolute atomic E-state index is 0.0363. The minimum Gasteiger partial charge on any atom is -0.465 e. The lowest BCUT2D eigenvalue weighted by molar-refractivity contribution is 0.000167. The number of aliphatic hydroxyl groups excluding tert-OH is 2. The van der Waals surface area contributed by atoms with E-state index in [1.165, 1.54) is 0 Å². The Labute approximate surface area is 96.3 Å². The molecule has 0 aromatic carbocycles. The van der Waals surface area contributed by atoms with E-state index >= 15 is 0 Å². The topological polar surface area (TPSA) is 157 Å². The fourth-order valence-corrected chi connectivity index (χ4v) is 2.17. The maximum absolute atomic E-state index is 10.5. The Morgan fingerprint density at radius 3 is 2.41 bits per heavy atom. The van der Waals surface area contributed by atoms with E-state index in [9.17, 15) is 19.6 Å². The van der Waals surface area contributed by atoms with Crippen molar-refractivity contribution < 1.29 is 39.0 Å². The van der Waals surface area contributed by atoms with Crippen LogP contribution >= 0.6 is 7.82 Å². The van der Waals surface area contributed by atoms with Crippen molar-refractivity contribution in [3.8, 4) is 0 Å². The van der Waals surface area contributed by atoms with Crippen LogP contribution in [0.3, 0.4) is 0 Å². The Bertz CT molecular complexity index is 330. The molecule has 1 amide bonds. The molecule has 10 heteroatoms. The Kier molecular flexibility index (Phi) is 4.48. The molecule has 0 aromatic rings. The van der Waals surface area contributed by atoms with Crippen LogP contribution in [0, 0.1) is 5.92 Å². The van der Waals surface area contributed by atoms with Gasteiger partial charge in [-0.2, -0.15) is 0 Å². The zero-order chi connectivity index (χ0) is 13.2. The molecule has 17 heavy (non-hydrogen) atoms. The van der Waals surface area contributed by atoms with Crippen LogP contribution in [0.1, 0.15) is 6.42 Å². The van der Waals surface area contributed by atoms with E-state index in [4.69, 9.17) is 14.9 Å². The van der Waals surface area contributed by atoms with Crippen LogP contribution in [0.25, 0.3) is 0 Å². The van der Waals surface area contributed by atoms with Crippen LogP contribution in [0.2, 0.25) is 0 Å². The normalized spacial score (nSPS) is 33.6.